The van der Waals surface area contributed by atoms with Crippen LogP contribution in [0.15, 0.2) is 17.0 Å². The van der Waals surface area contributed by atoms with Crippen LogP contribution in [0.25, 0.3) is 0 Å². The Bertz CT molecular complexity index is 549. The van der Waals surface area contributed by atoms with Crippen LogP contribution in [0.3, 0.4) is 0 Å². The van der Waals surface area contributed by atoms with Gasteiger partial charge in [-0.25, -0.2) is 8.42 Å². The Labute approximate surface area is 110 Å². The maximum Gasteiger partial charge on any atom is 0.179 e. The van der Waals surface area contributed by atoms with Crippen molar-refractivity contribution in [3.8, 4) is 0 Å². The minimum Gasteiger partial charge on any atom is -0.310 e. The third kappa shape index (κ3) is 2.31. The lowest BCUT2D eigenvalue weighted by Gasteiger charge is -2.29. The van der Waals surface area contributed by atoms with E-state index in [1.54, 1.807) is 0 Å². The third-order valence-electron chi connectivity index (χ3n) is 3.59. The topological polar surface area (TPSA) is 46.2 Å². The molecule has 0 saturated carbocycles. The Hall–Kier alpha value is -0.870. The zero-order valence-electron chi connectivity index (χ0n) is 11.3. The molecule has 0 radical (unpaired) electrons. The molecule has 0 aliphatic carbocycles. The Balaban J connectivity index is 2.55. The molecule has 2 rings (SSSR count). The summed E-state index contributed by atoms with van der Waals surface area (Å²) in [4.78, 5) is 0.572. The van der Waals surface area contributed by atoms with E-state index >= 15 is 0 Å². The molecule has 100 valence electrons. The molecule has 1 aromatic carbocycles. The van der Waals surface area contributed by atoms with Crippen LogP contribution in [-0.2, 0) is 9.84 Å². The van der Waals surface area contributed by atoms with Gasteiger partial charge in [-0.2, -0.15) is 0 Å². The van der Waals surface area contributed by atoms with Crippen LogP contribution in [0.4, 0.5) is 0 Å². The standard InChI is InChI=1S/C14H21NO2S/c1-4-8-15-12-7-9-18(16,17)14-11(3)6-5-10(2)13(12)14/h5-6,12,15H,4,7-9H2,1-3H3. The molecule has 1 N–H and O–H groups in total. The molecule has 1 aromatic rings. The molecule has 0 bridgehead atoms. The van der Waals surface area contributed by atoms with E-state index in [1.165, 1.54) is 0 Å². The summed E-state index contributed by atoms with van der Waals surface area (Å²) in [5.41, 5.74) is 2.95. The van der Waals surface area contributed by atoms with Crippen LogP contribution >= 0.6 is 0 Å². The molecule has 1 atom stereocenters. The number of hydrogen-bond acceptors (Lipinski definition) is 3. The number of fused-ring (bicyclic) bond motifs is 1. The fraction of sp³-hybridized carbons (Fsp3) is 0.571. The first-order valence-electron chi connectivity index (χ1n) is 6.53. The lowest BCUT2D eigenvalue weighted by molar-refractivity contribution is 0.489. The number of hydrogen-bond donors (Lipinski definition) is 1. The van der Waals surface area contributed by atoms with Crippen molar-refractivity contribution in [1.82, 2.24) is 5.32 Å². The van der Waals surface area contributed by atoms with Crippen molar-refractivity contribution in [2.24, 2.45) is 0 Å². The summed E-state index contributed by atoms with van der Waals surface area (Å²) < 4.78 is 24.5. The highest BCUT2D eigenvalue weighted by molar-refractivity contribution is 7.91. The fourth-order valence-electron chi connectivity index (χ4n) is 2.69. The first kappa shape index (κ1) is 13.6. The van der Waals surface area contributed by atoms with Gasteiger partial charge in [0.2, 0.25) is 0 Å². The van der Waals surface area contributed by atoms with Gasteiger partial charge in [-0.15, -0.1) is 0 Å². The second-order valence-corrected chi connectivity index (χ2v) is 7.10. The van der Waals surface area contributed by atoms with Crippen LogP contribution in [0.2, 0.25) is 0 Å². The molecule has 0 fully saturated rings. The number of aryl methyl sites for hydroxylation is 2. The Kier molecular flexibility index (Phi) is 3.78. The molecule has 0 aromatic heterocycles. The van der Waals surface area contributed by atoms with Crippen molar-refractivity contribution in [1.29, 1.82) is 0 Å². The molecule has 0 amide bonds. The van der Waals surface area contributed by atoms with E-state index in [4.69, 9.17) is 0 Å². The summed E-state index contributed by atoms with van der Waals surface area (Å²) in [6, 6.07) is 4.12. The monoisotopic (exact) mass is 267 g/mol. The van der Waals surface area contributed by atoms with Crippen molar-refractivity contribution >= 4 is 9.84 Å². The third-order valence-corrected chi connectivity index (χ3v) is 5.52. The highest BCUT2D eigenvalue weighted by Gasteiger charge is 2.32. The van der Waals surface area contributed by atoms with E-state index in [9.17, 15) is 8.42 Å². The zero-order valence-corrected chi connectivity index (χ0v) is 12.1. The largest absolute Gasteiger partial charge is 0.310 e. The van der Waals surface area contributed by atoms with E-state index in [-0.39, 0.29) is 11.8 Å². The Morgan fingerprint density at radius 3 is 2.61 bits per heavy atom. The first-order chi connectivity index (χ1) is 8.47. The van der Waals surface area contributed by atoms with E-state index < -0.39 is 9.84 Å². The fourth-order valence-corrected chi connectivity index (χ4v) is 4.64. The van der Waals surface area contributed by atoms with Gasteiger partial charge in [0.25, 0.3) is 0 Å². The van der Waals surface area contributed by atoms with Crippen LogP contribution in [-0.4, -0.2) is 20.7 Å². The maximum atomic E-state index is 12.2. The van der Waals surface area contributed by atoms with Gasteiger partial charge >= 0.3 is 0 Å². The summed E-state index contributed by atoms with van der Waals surface area (Å²) in [5, 5.41) is 3.47. The zero-order chi connectivity index (χ0) is 13.3. The summed E-state index contributed by atoms with van der Waals surface area (Å²) >= 11 is 0. The van der Waals surface area contributed by atoms with Gasteiger partial charge in [0.15, 0.2) is 9.84 Å². The van der Waals surface area contributed by atoms with Crippen molar-refractivity contribution < 1.29 is 8.42 Å². The maximum absolute atomic E-state index is 12.2. The average molecular weight is 267 g/mol. The second-order valence-electron chi connectivity index (χ2n) is 5.06. The highest BCUT2D eigenvalue weighted by Crippen LogP contribution is 2.36. The summed E-state index contributed by atoms with van der Waals surface area (Å²) in [6.07, 6.45) is 1.74. The predicted octanol–water partition coefficient (Wildman–Crippen LogP) is 2.52. The minimum absolute atomic E-state index is 0.184. The van der Waals surface area contributed by atoms with Gasteiger partial charge in [-0.1, -0.05) is 19.1 Å². The highest BCUT2D eigenvalue weighted by atomic mass is 32.2. The van der Waals surface area contributed by atoms with Crippen LogP contribution < -0.4 is 5.32 Å². The molecule has 0 saturated heterocycles. The smallest absolute Gasteiger partial charge is 0.179 e. The molecular weight excluding hydrogens is 246 g/mol. The Morgan fingerprint density at radius 1 is 1.28 bits per heavy atom. The average Bonchev–Trinajstić information content (AvgIpc) is 2.32. The minimum atomic E-state index is -3.09. The van der Waals surface area contributed by atoms with E-state index in [1.807, 2.05) is 26.0 Å². The van der Waals surface area contributed by atoms with Gasteiger partial charge in [0, 0.05) is 6.04 Å². The van der Waals surface area contributed by atoms with Gasteiger partial charge in [-0.05, 0) is 49.9 Å². The molecule has 0 spiro atoms. The predicted molar refractivity (Wildman–Crippen MR) is 73.6 cm³/mol. The molecule has 1 heterocycles. The van der Waals surface area contributed by atoms with Crippen molar-refractivity contribution in [3.05, 3.63) is 28.8 Å². The van der Waals surface area contributed by atoms with Crippen molar-refractivity contribution in [2.45, 2.75) is 44.6 Å². The van der Waals surface area contributed by atoms with Crippen LogP contribution in [0.5, 0.6) is 0 Å². The van der Waals surface area contributed by atoms with Gasteiger partial charge < -0.3 is 5.32 Å². The van der Waals surface area contributed by atoms with Gasteiger partial charge in [-0.3, -0.25) is 0 Å². The number of sulfone groups is 1. The molecule has 4 heteroatoms. The normalized spacial score (nSPS) is 21.6. The van der Waals surface area contributed by atoms with E-state index in [0.29, 0.717) is 11.3 Å². The number of nitrogens with one attached hydrogen (secondary N) is 1. The molecule has 1 aliphatic heterocycles. The van der Waals surface area contributed by atoms with Crippen molar-refractivity contribution in [2.75, 3.05) is 12.3 Å². The number of benzene rings is 1. The van der Waals surface area contributed by atoms with Crippen LogP contribution in [0.1, 0.15) is 42.5 Å². The summed E-state index contributed by atoms with van der Waals surface area (Å²) in [5.74, 6) is 0.256. The van der Waals surface area contributed by atoms with Gasteiger partial charge in [0.05, 0.1) is 10.6 Å². The molecule has 18 heavy (non-hydrogen) atoms. The molecule has 3 nitrogen and oxygen atoms in total. The molecule has 1 unspecified atom stereocenters. The molecule has 1 aliphatic rings. The first-order valence-corrected chi connectivity index (χ1v) is 8.19. The molecular formula is C14H21NO2S. The van der Waals surface area contributed by atoms with E-state index in [2.05, 4.69) is 12.2 Å². The SMILES string of the molecule is CCCNC1CCS(=O)(=O)c2c(C)ccc(C)c21. The number of rotatable bonds is 3. The van der Waals surface area contributed by atoms with Crippen LogP contribution in [0, 0.1) is 13.8 Å². The van der Waals surface area contributed by atoms with E-state index in [0.717, 1.165) is 29.7 Å². The second kappa shape index (κ2) is 5.02. The Morgan fingerprint density at radius 2 is 1.94 bits per heavy atom. The van der Waals surface area contributed by atoms with Crippen molar-refractivity contribution in [3.63, 3.8) is 0 Å². The quantitative estimate of drug-likeness (QED) is 0.915. The summed E-state index contributed by atoms with van der Waals surface area (Å²) in [6.45, 7) is 6.94. The lowest BCUT2D eigenvalue weighted by atomic mass is 9.96. The summed E-state index contributed by atoms with van der Waals surface area (Å²) in [7, 11) is -3.09. The lowest BCUT2D eigenvalue weighted by Crippen LogP contribution is -2.31. The van der Waals surface area contributed by atoms with Gasteiger partial charge in [0.1, 0.15) is 0 Å².